The monoisotopic (exact) mass is 411 g/mol. The van der Waals surface area contributed by atoms with Gasteiger partial charge in [-0.15, -0.1) is 0 Å². The van der Waals surface area contributed by atoms with Crippen LogP contribution in [0.4, 0.5) is 0 Å². The third-order valence-corrected chi connectivity index (χ3v) is 5.04. The van der Waals surface area contributed by atoms with Gasteiger partial charge < -0.3 is 5.32 Å². The molecule has 1 amide bonds. The van der Waals surface area contributed by atoms with E-state index >= 15 is 0 Å². The quantitative estimate of drug-likeness (QED) is 0.409. The normalized spacial score (nSPS) is 11.0. The van der Waals surface area contributed by atoms with Gasteiger partial charge in [-0.2, -0.15) is 0 Å². The summed E-state index contributed by atoms with van der Waals surface area (Å²) >= 11 is 4.72. The summed E-state index contributed by atoms with van der Waals surface area (Å²) in [6.45, 7) is 5.24. The maximum atomic E-state index is 12.9. The molecular formula is C17H22BrN3O2S. The molecule has 0 aliphatic heterocycles. The molecule has 1 heterocycles. The Morgan fingerprint density at radius 2 is 2.12 bits per heavy atom. The lowest BCUT2D eigenvalue weighted by Crippen LogP contribution is -2.27. The van der Waals surface area contributed by atoms with Gasteiger partial charge in [-0.25, -0.2) is 4.98 Å². The SMILES string of the molecule is CCCCCn1c(SCC(=O)NCC)nc2ccc(Br)cc2c1=O. The molecule has 130 valence electrons. The Hall–Kier alpha value is -1.34. The van der Waals surface area contributed by atoms with Gasteiger partial charge in [0.05, 0.1) is 16.7 Å². The van der Waals surface area contributed by atoms with Crippen LogP contribution < -0.4 is 10.9 Å². The highest BCUT2D eigenvalue weighted by molar-refractivity contribution is 9.10. The number of fused-ring (bicyclic) bond motifs is 1. The van der Waals surface area contributed by atoms with E-state index in [4.69, 9.17) is 0 Å². The molecule has 0 fully saturated rings. The van der Waals surface area contributed by atoms with Crippen LogP contribution in [0.5, 0.6) is 0 Å². The molecule has 1 aromatic heterocycles. The van der Waals surface area contributed by atoms with Crippen LogP contribution in [-0.4, -0.2) is 27.8 Å². The van der Waals surface area contributed by atoms with Crippen LogP contribution in [-0.2, 0) is 11.3 Å². The summed E-state index contributed by atoms with van der Waals surface area (Å²) < 4.78 is 2.56. The second-order valence-electron chi connectivity index (χ2n) is 5.46. The highest BCUT2D eigenvalue weighted by atomic mass is 79.9. The van der Waals surface area contributed by atoms with E-state index < -0.39 is 0 Å². The lowest BCUT2D eigenvalue weighted by atomic mass is 10.2. The smallest absolute Gasteiger partial charge is 0.262 e. The third kappa shape index (κ3) is 4.83. The number of nitrogens with zero attached hydrogens (tertiary/aromatic N) is 2. The van der Waals surface area contributed by atoms with Gasteiger partial charge in [-0.3, -0.25) is 14.2 Å². The van der Waals surface area contributed by atoms with Crippen LogP contribution in [0.2, 0.25) is 0 Å². The van der Waals surface area contributed by atoms with E-state index in [-0.39, 0.29) is 17.2 Å². The number of unbranched alkanes of at least 4 members (excludes halogenated alkanes) is 2. The second kappa shape index (κ2) is 9.22. The largest absolute Gasteiger partial charge is 0.356 e. The number of benzene rings is 1. The fourth-order valence-electron chi connectivity index (χ4n) is 2.38. The van der Waals surface area contributed by atoms with Crippen LogP contribution in [0.15, 0.2) is 32.6 Å². The first-order chi connectivity index (χ1) is 11.6. The number of carbonyl (C=O) groups excluding carboxylic acids is 1. The zero-order valence-electron chi connectivity index (χ0n) is 14.0. The number of hydrogen-bond donors (Lipinski definition) is 1. The summed E-state index contributed by atoms with van der Waals surface area (Å²) in [5.74, 6) is 0.212. The van der Waals surface area contributed by atoms with Gasteiger partial charge in [0.15, 0.2) is 5.16 Å². The minimum atomic E-state index is -0.0484. The molecule has 0 saturated heterocycles. The lowest BCUT2D eigenvalue weighted by molar-refractivity contribution is -0.118. The zero-order chi connectivity index (χ0) is 17.5. The third-order valence-electron chi connectivity index (χ3n) is 3.57. The molecule has 2 rings (SSSR count). The Labute approximate surface area is 154 Å². The molecule has 0 aliphatic rings. The van der Waals surface area contributed by atoms with Gasteiger partial charge in [0, 0.05) is 17.6 Å². The molecule has 0 bridgehead atoms. The molecule has 0 saturated carbocycles. The summed E-state index contributed by atoms with van der Waals surface area (Å²) in [4.78, 5) is 29.2. The Morgan fingerprint density at radius 3 is 2.83 bits per heavy atom. The van der Waals surface area contributed by atoms with E-state index in [1.54, 1.807) is 10.6 Å². The van der Waals surface area contributed by atoms with Crippen molar-refractivity contribution in [1.82, 2.24) is 14.9 Å². The number of rotatable bonds is 8. The summed E-state index contributed by atoms with van der Waals surface area (Å²) in [6.07, 6.45) is 3.07. The average molecular weight is 412 g/mol. The molecule has 2 aromatic rings. The molecule has 5 nitrogen and oxygen atoms in total. The molecule has 0 radical (unpaired) electrons. The summed E-state index contributed by atoms with van der Waals surface area (Å²) in [5, 5.41) is 3.97. The van der Waals surface area contributed by atoms with E-state index in [1.807, 2.05) is 19.1 Å². The number of hydrogen-bond acceptors (Lipinski definition) is 4. The van der Waals surface area contributed by atoms with Crippen molar-refractivity contribution in [3.63, 3.8) is 0 Å². The zero-order valence-corrected chi connectivity index (χ0v) is 16.4. The second-order valence-corrected chi connectivity index (χ2v) is 7.32. The van der Waals surface area contributed by atoms with Gasteiger partial charge in [0.2, 0.25) is 5.91 Å². The maximum Gasteiger partial charge on any atom is 0.262 e. The Bertz CT molecular complexity index is 776. The summed E-state index contributed by atoms with van der Waals surface area (Å²) in [5.41, 5.74) is 0.615. The van der Waals surface area contributed by atoms with Crippen LogP contribution >= 0.6 is 27.7 Å². The van der Waals surface area contributed by atoms with Crippen molar-refractivity contribution >= 4 is 44.5 Å². The minimum Gasteiger partial charge on any atom is -0.356 e. The van der Waals surface area contributed by atoms with Crippen molar-refractivity contribution in [2.24, 2.45) is 0 Å². The predicted molar refractivity (Wildman–Crippen MR) is 103 cm³/mol. The van der Waals surface area contributed by atoms with Crippen molar-refractivity contribution in [2.45, 2.75) is 44.8 Å². The van der Waals surface area contributed by atoms with E-state index in [0.29, 0.717) is 29.1 Å². The predicted octanol–water partition coefficient (Wildman–Crippen LogP) is 3.58. The van der Waals surface area contributed by atoms with Crippen molar-refractivity contribution in [3.8, 4) is 0 Å². The van der Waals surface area contributed by atoms with E-state index in [0.717, 1.165) is 23.7 Å². The first kappa shape index (κ1) is 19.0. The van der Waals surface area contributed by atoms with Gasteiger partial charge in [0.25, 0.3) is 5.56 Å². The Morgan fingerprint density at radius 1 is 1.33 bits per heavy atom. The highest BCUT2D eigenvalue weighted by Crippen LogP contribution is 2.21. The topological polar surface area (TPSA) is 64.0 Å². The molecule has 1 N–H and O–H groups in total. The number of carbonyl (C=O) groups is 1. The minimum absolute atomic E-state index is 0.0456. The maximum absolute atomic E-state index is 12.9. The molecule has 24 heavy (non-hydrogen) atoms. The van der Waals surface area contributed by atoms with Gasteiger partial charge >= 0.3 is 0 Å². The lowest BCUT2D eigenvalue weighted by Gasteiger charge is -2.13. The number of nitrogens with one attached hydrogen (secondary N) is 1. The van der Waals surface area contributed by atoms with Crippen LogP contribution in [0.3, 0.4) is 0 Å². The van der Waals surface area contributed by atoms with Gasteiger partial charge in [-0.1, -0.05) is 47.5 Å². The van der Waals surface area contributed by atoms with Crippen molar-refractivity contribution in [3.05, 3.63) is 33.0 Å². The average Bonchev–Trinajstić information content (AvgIpc) is 2.56. The Balaban J connectivity index is 2.38. The van der Waals surface area contributed by atoms with E-state index in [1.165, 1.54) is 11.8 Å². The molecule has 7 heteroatoms. The van der Waals surface area contributed by atoms with Crippen molar-refractivity contribution < 1.29 is 4.79 Å². The standard InChI is InChI=1S/C17H22BrN3O2S/c1-3-5-6-9-21-16(23)13-10-12(18)7-8-14(13)20-17(21)24-11-15(22)19-4-2/h7-8,10H,3-6,9,11H2,1-2H3,(H,19,22). The number of thioether (sulfide) groups is 1. The van der Waals surface area contributed by atoms with E-state index in [9.17, 15) is 9.59 Å². The molecule has 0 atom stereocenters. The molecule has 0 spiro atoms. The number of amides is 1. The summed E-state index contributed by atoms with van der Waals surface area (Å²) in [6, 6.07) is 5.50. The first-order valence-electron chi connectivity index (χ1n) is 8.16. The van der Waals surface area contributed by atoms with E-state index in [2.05, 4.69) is 33.2 Å². The van der Waals surface area contributed by atoms with Crippen LogP contribution in [0.1, 0.15) is 33.1 Å². The van der Waals surface area contributed by atoms with Crippen LogP contribution in [0.25, 0.3) is 10.9 Å². The highest BCUT2D eigenvalue weighted by Gasteiger charge is 2.13. The van der Waals surface area contributed by atoms with Gasteiger partial charge in [0.1, 0.15) is 0 Å². The van der Waals surface area contributed by atoms with Gasteiger partial charge in [-0.05, 0) is 31.5 Å². The fraction of sp³-hybridized carbons (Fsp3) is 0.471. The molecular weight excluding hydrogens is 390 g/mol. The molecule has 0 aliphatic carbocycles. The van der Waals surface area contributed by atoms with Crippen molar-refractivity contribution in [2.75, 3.05) is 12.3 Å². The Kier molecular flexibility index (Phi) is 7.30. The fourth-order valence-corrected chi connectivity index (χ4v) is 3.59. The first-order valence-corrected chi connectivity index (χ1v) is 9.94. The summed E-state index contributed by atoms with van der Waals surface area (Å²) in [7, 11) is 0. The van der Waals surface area contributed by atoms with Crippen LogP contribution in [0, 0.1) is 0 Å². The molecule has 0 unspecified atom stereocenters. The van der Waals surface area contributed by atoms with Crippen molar-refractivity contribution in [1.29, 1.82) is 0 Å². The number of halogens is 1. The molecule has 1 aromatic carbocycles. The number of aromatic nitrogens is 2.